The zero-order chi connectivity index (χ0) is 20.1. The van der Waals surface area contributed by atoms with E-state index in [1.165, 1.54) is 28.4 Å². The molecule has 7 heteroatoms. The molecular formula is C21H26FN2O3S+. The maximum absolute atomic E-state index is 13.1. The van der Waals surface area contributed by atoms with E-state index in [9.17, 15) is 14.0 Å². The molecule has 2 aromatic rings. The van der Waals surface area contributed by atoms with Crippen molar-refractivity contribution in [3.63, 3.8) is 0 Å². The fourth-order valence-electron chi connectivity index (χ4n) is 3.57. The molecule has 3 rings (SSSR count). The van der Waals surface area contributed by atoms with Crippen molar-refractivity contribution in [2.45, 2.75) is 39.7 Å². The summed E-state index contributed by atoms with van der Waals surface area (Å²) in [4.78, 5) is 27.7. The molecule has 0 saturated carbocycles. The van der Waals surface area contributed by atoms with E-state index < -0.39 is 0 Å². The van der Waals surface area contributed by atoms with E-state index in [2.05, 4.69) is 12.2 Å². The Morgan fingerprint density at radius 3 is 2.68 bits per heavy atom. The third kappa shape index (κ3) is 4.77. The van der Waals surface area contributed by atoms with Gasteiger partial charge in [-0.2, -0.15) is 0 Å². The molecule has 1 amide bonds. The van der Waals surface area contributed by atoms with Crippen LogP contribution in [0.25, 0.3) is 0 Å². The highest BCUT2D eigenvalue weighted by Crippen LogP contribution is 2.35. The van der Waals surface area contributed by atoms with E-state index in [1.54, 1.807) is 19.1 Å². The standard InChI is InChI=1S/C21H25FN2O3S/c1-3-10-24-11-9-16-17(13-24)28-20(19(16)21(26)27-4-2)23-18(25)12-14-5-7-15(22)8-6-14/h5-8H,3-4,9-13H2,1-2H3,(H,23,25)/p+1. The lowest BCUT2D eigenvalue weighted by Gasteiger charge is -2.23. The maximum atomic E-state index is 13.1. The quantitative estimate of drug-likeness (QED) is 0.696. The number of benzene rings is 1. The Labute approximate surface area is 168 Å². The molecule has 1 aliphatic heterocycles. The van der Waals surface area contributed by atoms with Crippen LogP contribution in [0.15, 0.2) is 24.3 Å². The van der Waals surface area contributed by atoms with Crippen LogP contribution in [0.4, 0.5) is 9.39 Å². The van der Waals surface area contributed by atoms with Gasteiger partial charge in [-0.3, -0.25) is 4.79 Å². The van der Waals surface area contributed by atoms with Crippen molar-refractivity contribution in [3.8, 4) is 0 Å². The summed E-state index contributed by atoms with van der Waals surface area (Å²) in [5.74, 6) is -0.941. The van der Waals surface area contributed by atoms with Gasteiger partial charge < -0.3 is 15.0 Å². The van der Waals surface area contributed by atoms with Crippen molar-refractivity contribution in [2.24, 2.45) is 0 Å². The second-order valence-electron chi connectivity index (χ2n) is 6.96. The number of rotatable bonds is 7. The first kappa shape index (κ1) is 20.5. The first-order valence-corrected chi connectivity index (χ1v) is 10.5. The molecule has 1 unspecified atom stereocenters. The van der Waals surface area contributed by atoms with Gasteiger partial charge in [0, 0.05) is 6.42 Å². The van der Waals surface area contributed by atoms with E-state index >= 15 is 0 Å². The number of nitrogens with one attached hydrogen (secondary N) is 2. The van der Waals surface area contributed by atoms with E-state index in [1.807, 2.05) is 0 Å². The van der Waals surface area contributed by atoms with Crippen LogP contribution >= 0.6 is 11.3 Å². The monoisotopic (exact) mass is 405 g/mol. The van der Waals surface area contributed by atoms with E-state index in [-0.39, 0.29) is 24.1 Å². The molecular weight excluding hydrogens is 379 g/mol. The number of halogens is 1. The highest BCUT2D eigenvalue weighted by Gasteiger charge is 2.31. The lowest BCUT2D eigenvalue weighted by molar-refractivity contribution is -0.915. The molecule has 0 spiro atoms. The Balaban J connectivity index is 1.81. The summed E-state index contributed by atoms with van der Waals surface area (Å²) in [6, 6.07) is 5.85. The predicted molar refractivity (Wildman–Crippen MR) is 107 cm³/mol. The largest absolute Gasteiger partial charge is 0.462 e. The Kier molecular flexibility index (Phi) is 6.80. The molecule has 28 heavy (non-hydrogen) atoms. The van der Waals surface area contributed by atoms with E-state index in [0.717, 1.165) is 48.5 Å². The minimum Gasteiger partial charge on any atom is -0.462 e. The molecule has 150 valence electrons. The maximum Gasteiger partial charge on any atom is 0.341 e. The Hall–Kier alpha value is -2.25. The molecule has 0 aliphatic carbocycles. The Morgan fingerprint density at radius 1 is 1.25 bits per heavy atom. The average Bonchev–Trinajstić information content (AvgIpc) is 3.01. The topological polar surface area (TPSA) is 59.8 Å². The molecule has 2 N–H and O–H groups in total. The van der Waals surface area contributed by atoms with Gasteiger partial charge in [0.2, 0.25) is 5.91 Å². The van der Waals surface area contributed by atoms with Gasteiger partial charge in [0.15, 0.2) is 0 Å². The summed E-state index contributed by atoms with van der Waals surface area (Å²) in [5, 5.41) is 3.46. The van der Waals surface area contributed by atoms with E-state index in [0.29, 0.717) is 17.2 Å². The van der Waals surface area contributed by atoms with Crippen LogP contribution in [-0.2, 0) is 28.9 Å². The zero-order valence-corrected chi connectivity index (χ0v) is 17.1. The first-order chi connectivity index (χ1) is 13.5. The lowest BCUT2D eigenvalue weighted by Crippen LogP contribution is -3.11. The number of carbonyl (C=O) groups excluding carboxylic acids is 2. The molecule has 1 atom stereocenters. The van der Waals surface area contributed by atoms with Crippen molar-refractivity contribution in [3.05, 3.63) is 51.7 Å². The van der Waals surface area contributed by atoms with Crippen LogP contribution in [0.3, 0.4) is 0 Å². The number of ether oxygens (including phenoxy) is 1. The second kappa shape index (κ2) is 9.30. The molecule has 2 heterocycles. The fraction of sp³-hybridized carbons (Fsp3) is 0.429. The number of amides is 1. The number of thiophene rings is 1. The normalized spacial score (nSPS) is 15.8. The van der Waals surface area contributed by atoms with Crippen molar-refractivity contribution in [2.75, 3.05) is 25.0 Å². The van der Waals surface area contributed by atoms with Gasteiger partial charge in [0.05, 0.1) is 36.6 Å². The highest BCUT2D eigenvalue weighted by molar-refractivity contribution is 7.17. The molecule has 5 nitrogen and oxygen atoms in total. The number of hydrogen-bond acceptors (Lipinski definition) is 4. The van der Waals surface area contributed by atoms with Gasteiger partial charge >= 0.3 is 5.97 Å². The number of hydrogen-bond donors (Lipinski definition) is 2. The molecule has 0 fully saturated rings. The van der Waals surface area contributed by atoms with Crippen molar-refractivity contribution < 1.29 is 23.6 Å². The minimum atomic E-state index is -0.379. The molecule has 1 aromatic heterocycles. The molecule has 1 aliphatic rings. The van der Waals surface area contributed by atoms with Gasteiger partial charge in [0.1, 0.15) is 17.4 Å². The Morgan fingerprint density at radius 2 is 2.00 bits per heavy atom. The van der Waals surface area contributed by atoms with Crippen molar-refractivity contribution in [1.82, 2.24) is 0 Å². The van der Waals surface area contributed by atoms with Crippen LogP contribution in [-0.4, -0.2) is 31.6 Å². The second-order valence-corrected chi connectivity index (χ2v) is 8.06. The van der Waals surface area contributed by atoms with E-state index in [4.69, 9.17) is 4.74 Å². The number of quaternary nitrogens is 1. The van der Waals surface area contributed by atoms with Gasteiger partial charge in [-0.05, 0) is 36.6 Å². The molecule has 0 saturated heterocycles. The van der Waals surface area contributed by atoms with Crippen molar-refractivity contribution in [1.29, 1.82) is 0 Å². The number of esters is 1. The summed E-state index contributed by atoms with van der Waals surface area (Å²) in [7, 11) is 0. The third-order valence-corrected chi connectivity index (χ3v) is 5.99. The third-order valence-electron chi connectivity index (χ3n) is 4.84. The van der Waals surface area contributed by atoms with Crippen LogP contribution in [0.2, 0.25) is 0 Å². The highest BCUT2D eigenvalue weighted by atomic mass is 32.1. The lowest BCUT2D eigenvalue weighted by atomic mass is 10.0. The van der Waals surface area contributed by atoms with Gasteiger partial charge in [-0.1, -0.05) is 19.1 Å². The Bertz CT molecular complexity index is 848. The molecule has 0 bridgehead atoms. The fourth-order valence-corrected chi connectivity index (χ4v) is 4.89. The average molecular weight is 406 g/mol. The molecule has 1 aromatic carbocycles. The van der Waals surface area contributed by atoms with Crippen molar-refractivity contribution >= 4 is 28.2 Å². The number of carbonyl (C=O) groups is 2. The van der Waals surface area contributed by atoms with Gasteiger partial charge in [-0.25, -0.2) is 9.18 Å². The minimum absolute atomic E-state index is 0.123. The zero-order valence-electron chi connectivity index (χ0n) is 16.3. The predicted octanol–water partition coefficient (Wildman–Crippen LogP) is 2.60. The van der Waals surface area contributed by atoms with Gasteiger partial charge in [0.25, 0.3) is 0 Å². The SMILES string of the molecule is CCC[NH+]1CCc2c(sc(NC(=O)Cc3ccc(F)cc3)c2C(=O)OCC)C1. The van der Waals surface area contributed by atoms with Gasteiger partial charge in [-0.15, -0.1) is 11.3 Å². The van der Waals surface area contributed by atoms with Crippen LogP contribution in [0.1, 0.15) is 46.6 Å². The van der Waals surface area contributed by atoms with Crippen LogP contribution in [0.5, 0.6) is 0 Å². The summed E-state index contributed by atoms with van der Waals surface area (Å²) in [6.45, 7) is 7.18. The summed E-state index contributed by atoms with van der Waals surface area (Å²) in [5.41, 5.74) is 2.24. The summed E-state index contributed by atoms with van der Waals surface area (Å²) in [6.07, 6.45) is 2.05. The smallest absolute Gasteiger partial charge is 0.341 e. The van der Waals surface area contributed by atoms with Crippen LogP contribution in [0, 0.1) is 5.82 Å². The summed E-state index contributed by atoms with van der Waals surface area (Å²) >= 11 is 1.47. The molecule has 0 radical (unpaired) electrons. The number of anilines is 1. The first-order valence-electron chi connectivity index (χ1n) is 9.71. The number of fused-ring (bicyclic) bond motifs is 1. The van der Waals surface area contributed by atoms with Crippen LogP contribution < -0.4 is 10.2 Å². The summed E-state index contributed by atoms with van der Waals surface area (Å²) < 4.78 is 18.3.